The fourth-order valence-electron chi connectivity index (χ4n) is 3.58. The predicted octanol–water partition coefficient (Wildman–Crippen LogP) is 4.00. The molecule has 0 spiro atoms. The minimum absolute atomic E-state index is 0.0680. The highest BCUT2D eigenvalue weighted by Crippen LogP contribution is 2.32. The van der Waals surface area contributed by atoms with E-state index in [9.17, 15) is 17.6 Å². The Morgan fingerprint density at radius 3 is 2.67 bits per heavy atom. The summed E-state index contributed by atoms with van der Waals surface area (Å²) in [6.07, 6.45) is 1.13. The van der Waals surface area contributed by atoms with E-state index in [1.165, 1.54) is 29.6 Å². The number of nitrogens with zero attached hydrogens (tertiary/aromatic N) is 1. The Morgan fingerprint density at radius 2 is 2.00 bits per heavy atom. The van der Waals surface area contributed by atoms with Crippen LogP contribution in [0.15, 0.2) is 47.4 Å². The number of carbonyl (C=O) groups excluding carboxylic acids is 1. The Kier molecular flexibility index (Phi) is 6.77. The molecular formula is C22H27FN2O4S. The zero-order valence-corrected chi connectivity index (χ0v) is 18.2. The van der Waals surface area contributed by atoms with Crippen LogP contribution in [0.1, 0.15) is 38.2 Å². The smallest absolute Gasteiger partial charge is 0.246 e. The lowest BCUT2D eigenvalue weighted by atomic mass is 9.99. The second-order valence-corrected chi connectivity index (χ2v) is 9.67. The van der Waals surface area contributed by atoms with E-state index in [4.69, 9.17) is 4.74 Å². The van der Waals surface area contributed by atoms with Crippen molar-refractivity contribution in [2.24, 2.45) is 5.92 Å². The molecule has 0 radical (unpaired) electrons. The van der Waals surface area contributed by atoms with Crippen molar-refractivity contribution in [2.75, 3.05) is 25.5 Å². The average Bonchev–Trinajstić information content (AvgIpc) is 2.73. The summed E-state index contributed by atoms with van der Waals surface area (Å²) >= 11 is 0. The normalized spacial score (nSPS) is 17.7. The van der Waals surface area contributed by atoms with Gasteiger partial charge >= 0.3 is 0 Å². The van der Waals surface area contributed by atoms with Gasteiger partial charge in [0.05, 0.1) is 13.0 Å². The number of benzene rings is 2. The van der Waals surface area contributed by atoms with Crippen molar-refractivity contribution in [1.29, 1.82) is 0 Å². The maximum Gasteiger partial charge on any atom is 0.246 e. The second kappa shape index (κ2) is 9.14. The van der Waals surface area contributed by atoms with Gasteiger partial charge < -0.3 is 10.1 Å². The first-order valence-electron chi connectivity index (χ1n) is 9.97. The Balaban J connectivity index is 1.82. The molecule has 3 rings (SSSR count). The van der Waals surface area contributed by atoms with Gasteiger partial charge in [-0.15, -0.1) is 0 Å². The summed E-state index contributed by atoms with van der Waals surface area (Å²) in [6, 6.07) is 10.8. The quantitative estimate of drug-likeness (QED) is 0.746. The van der Waals surface area contributed by atoms with Crippen molar-refractivity contribution in [1.82, 2.24) is 4.31 Å². The first kappa shape index (κ1) is 22.2. The van der Waals surface area contributed by atoms with Gasteiger partial charge in [-0.3, -0.25) is 4.79 Å². The van der Waals surface area contributed by atoms with Crippen molar-refractivity contribution >= 4 is 21.6 Å². The fourth-order valence-corrected chi connectivity index (χ4v) is 5.29. The molecule has 0 unspecified atom stereocenters. The van der Waals surface area contributed by atoms with Crippen LogP contribution in [0.25, 0.3) is 0 Å². The highest BCUT2D eigenvalue weighted by atomic mass is 32.2. The third-order valence-corrected chi connectivity index (χ3v) is 7.21. The highest BCUT2D eigenvalue weighted by Gasteiger charge is 2.35. The van der Waals surface area contributed by atoms with Gasteiger partial charge in [0.1, 0.15) is 16.5 Å². The van der Waals surface area contributed by atoms with Crippen molar-refractivity contribution in [2.45, 2.75) is 37.5 Å². The lowest BCUT2D eigenvalue weighted by molar-refractivity contribution is -0.120. The van der Waals surface area contributed by atoms with E-state index < -0.39 is 21.8 Å². The monoisotopic (exact) mass is 434 g/mol. The summed E-state index contributed by atoms with van der Waals surface area (Å²) in [5, 5.41) is 2.69. The highest BCUT2D eigenvalue weighted by molar-refractivity contribution is 7.89. The fraction of sp³-hybridized carbons (Fsp3) is 0.409. The van der Waals surface area contributed by atoms with Crippen LogP contribution in [0, 0.1) is 11.7 Å². The summed E-state index contributed by atoms with van der Waals surface area (Å²) in [7, 11) is -2.40. The summed E-state index contributed by atoms with van der Waals surface area (Å²) in [4.78, 5) is 12.8. The molecule has 1 aliphatic rings. The van der Waals surface area contributed by atoms with Crippen LogP contribution >= 0.6 is 0 Å². The first-order chi connectivity index (χ1) is 14.2. The van der Waals surface area contributed by atoms with Crippen LogP contribution < -0.4 is 10.1 Å². The number of methoxy groups -OCH3 is 1. The molecule has 2 aromatic carbocycles. The van der Waals surface area contributed by atoms with Crippen LogP contribution in [0.2, 0.25) is 0 Å². The molecule has 1 amide bonds. The van der Waals surface area contributed by atoms with E-state index in [-0.39, 0.29) is 29.0 Å². The van der Waals surface area contributed by atoms with E-state index in [2.05, 4.69) is 5.32 Å². The van der Waals surface area contributed by atoms with E-state index >= 15 is 0 Å². The zero-order chi connectivity index (χ0) is 21.9. The molecule has 30 heavy (non-hydrogen) atoms. The summed E-state index contributed by atoms with van der Waals surface area (Å²) < 4.78 is 46.8. The molecule has 0 bridgehead atoms. The van der Waals surface area contributed by atoms with Gasteiger partial charge in [0, 0.05) is 18.8 Å². The molecule has 1 heterocycles. The average molecular weight is 435 g/mol. The van der Waals surface area contributed by atoms with Gasteiger partial charge in [0.15, 0.2) is 0 Å². The molecule has 1 saturated heterocycles. The molecule has 162 valence electrons. The van der Waals surface area contributed by atoms with Crippen LogP contribution in [-0.2, 0) is 14.8 Å². The molecule has 1 N–H and O–H groups in total. The van der Waals surface area contributed by atoms with Gasteiger partial charge in [-0.2, -0.15) is 4.31 Å². The maximum atomic E-state index is 13.4. The molecule has 0 aliphatic carbocycles. The van der Waals surface area contributed by atoms with Crippen molar-refractivity contribution in [3.05, 3.63) is 53.8 Å². The largest absolute Gasteiger partial charge is 0.495 e. The molecule has 8 heteroatoms. The first-order valence-corrected chi connectivity index (χ1v) is 11.4. The van der Waals surface area contributed by atoms with Crippen molar-refractivity contribution < 1.29 is 22.3 Å². The SMILES string of the molecule is COc1ccc(C(C)C)cc1S(=O)(=O)N1CCC[C@@H](C(=O)Nc2cccc(F)c2)C1. The van der Waals surface area contributed by atoms with Crippen molar-refractivity contribution in [3.8, 4) is 5.75 Å². The van der Waals surface area contributed by atoms with Gasteiger partial charge in [-0.1, -0.05) is 26.0 Å². The number of halogens is 1. The number of anilines is 1. The van der Waals surface area contributed by atoms with Gasteiger partial charge in [-0.05, 0) is 54.7 Å². The molecule has 1 aliphatic heterocycles. The number of piperidine rings is 1. The number of sulfonamides is 1. The van der Waals surface area contributed by atoms with E-state index in [0.29, 0.717) is 25.1 Å². The Bertz CT molecular complexity index is 1020. The topological polar surface area (TPSA) is 75.7 Å². The van der Waals surface area contributed by atoms with E-state index in [1.807, 2.05) is 19.9 Å². The zero-order valence-electron chi connectivity index (χ0n) is 17.4. The molecule has 6 nitrogen and oxygen atoms in total. The molecule has 0 saturated carbocycles. The van der Waals surface area contributed by atoms with E-state index in [0.717, 1.165) is 5.56 Å². The summed E-state index contributed by atoms with van der Waals surface area (Å²) in [5.74, 6) is -0.834. The number of nitrogens with one attached hydrogen (secondary N) is 1. The minimum Gasteiger partial charge on any atom is -0.495 e. The van der Waals surface area contributed by atoms with Crippen LogP contribution in [0.5, 0.6) is 5.75 Å². The van der Waals surface area contributed by atoms with Crippen LogP contribution in [0.3, 0.4) is 0 Å². The molecule has 1 atom stereocenters. The van der Waals surface area contributed by atoms with Crippen LogP contribution in [-0.4, -0.2) is 38.8 Å². The van der Waals surface area contributed by atoms with Crippen LogP contribution in [0.4, 0.5) is 10.1 Å². The number of carbonyl (C=O) groups is 1. The number of rotatable bonds is 6. The number of hydrogen-bond acceptors (Lipinski definition) is 4. The number of ether oxygens (including phenoxy) is 1. The molecular weight excluding hydrogens is 407 g/mol. The molecule has 1 fully saturated rings. The standard InChI is InChI=1S/C22H27FN2O4S/c1-15(2)16-9-10-20(29-3)21(12-16)30(27,28)25-11-5-6-17(14-25)22(26)24-19-8-4-7-18(23)13-19/h4,7-10,12-13,15,17H,5-6,11,14H2,1-3H3,(H,24,26)/t17-/m1/s1. The lowest BCUT2D eigenvalue weighted by Crippen LogP contribution is -2.43. The number of amides is 1. The second-order valence-electron chi connectivity index (χ2n) is 7.77. The third-order valence-electron chi connectivity index (χ3n) is 5.32. The van der Waals surface area contributed by atoms with Gasteiger partial charge in [0.25, 0.3) is 0 Å². The molecule has 0 aromatic heterocycles. The van der Waals surface area contributed by atoms with Gasteiger partial charge in [-0.25, -0.2) is 12.8 Å². The van der Waals surface area contributed by atoms with Crippen molar-refractivity contribution in [3.63, 3.8) is 0 Å². The summed E-state index contributed by atoms with van der Waals surface area (Å²) in [5.41, 5.74) is 1.25. The van der Waals surface area contributed by atoms with Gasteiger partial charge in [0.2, 0.25) is 15.9 Å². The number of hydrogen-bond donors (Lipinski definition) is 1. The molecule has 2 aromatic rings. The Morgan fingerprint density at radius 1 is 1.23 bits per heavy atom. The predicted molar refractivity (Wildman–Crippen MR) is 114 cm³/mol. The summed E-state index contributed by atoms with van der Waals surface area (Å²) in [6.45, 7) is 4.39. The third kappa shape index (κ3) is 4.82. The minimum atomic E-state index is -3.84. The Hall–Kier alpha value is -2.45. The Labute approximate surface area is 177 Å². The maximum absolute atomic E-state index is 13.4. The van der Waals surface area contributed by atoms with E-state index in [1.54, 1.807) is 18.2 Å². The lowest BCUT2D eigenvalue weighted by Gasteiger charge is -2.31.